The first kappa shape index (κ1) is 49.0. The third-order valence-electron chi connectivity index (χ3n) is 10.4. The van der Waals surface area contributed by atoms with Crippen LogP contribution < -0.4 is 16.4 Å². The third-order valence-corrected chi connectivity index (χ3v) is 10.4. The fourth-order valence-electron chi connectivity index (χ4n) is 7.02. The Bertz CT molecular complexity index is 952. The van der Waals surface area contributed by atoms with Crippen molar-refractivity contribution in [2.75, 3.05) is 26.2 Å². The molecule has 1 rings (SSSR count). The second-order valence-electron chi connectivity index (χ2n) is 15.1. The number of hydrogen-bond donors (Lipinski definition) is 6. The summed E-state index contributed by atoms with van der Waals surface area (Å²) in [5, 5.41) is 36.8. The number of nitrogens with zero attached hydrogens (tertiary/aromatic N) is 1. The Labute approximate surface area is 322 Å². The van der Waals surface area contributed by atoms with E-state index in [2.05, 4.69) is 36.6 Å². The molecule has 310 valence electrons. The molecule has 0 bridgehead atoms. The minimum Gasteiger partial charge on any atom is -0.394 e. The molecular weight excluding hydrogens is 672 g/mol. The number of nitrogens with one attached hydrogen (secondary N) is 2. The van der Waals surface area contributed by atoms with Crippen molar-refractivity contribution in [1.82, 2.24) is 15.5 Å². The Morgan fingerprint density at radius 2 is 1.13 bits per heavy atom. The van der Waals surface area contributed by atoms with E-state index >= 15 is 0 Å². The highest BCUT2D eigenvalue weighted by Crippen LogP contribution is 2.26. The van der Waals surface area contributed by atoms with Gasteiger partial charge in [-0.05, 0) is 38.5 Å². The average molecular weight is 753 g/mol. The minimum absolute atomic E-state index is 0.147. The molecule has 1 fully saturated rings. The van der Waals surface area contributed by atoms with Gasteiger partial charge in [0.05, 0.1) is 19.7 Å². The van der Waals surface area contributed by atoms with E-state index < -0.39 is 49.0 Å². The van der Waals surface area contributed by atoms with Gasteiger partial charge in [0.15, 0.2) is 6.23 Å². The summed E-state index contributed by atoms with van der Waals surface area (Å²) in [5.74, 6) is -1.28. The van der Waals surface area contributed by atoms with Gasteiger partial charge in [0.2, 0.25) is 17.7 Å². The fourth-order valence-corrected chi connectivity index (χ4v) is 7.02. The summed E-state index contributed by atoms with van der Waals surface area (Å²) in [6, 6.07) is -1.16. The van der Waals surface area contributed by atoms with Gasteiger partial charge in [0, 0.05) is 13.0 Å². The number of carbonyl (C=O) groups is 3. The van der Waals surface area contributed by atoms with Gasteiger partial charge in [0.25, 0.3) is 0 Å². The number of allylic oxidation sites excluding steroid dienone is 2. The van der Waals surface area contributed by atoms with Crippen molar-refractivity contribution in [3.63, 3.8) is 0 Å². The standard InChI is InChI=1S/C42H80N4O7/c1-3-5-7-9-11-13-15-17-18-19-20-22-24-26-28-30-38(50)46(31-29-27-25-23-21-16-14-12-10-8-6-4-2)42-39(41(52)40(51)35(34-47)53-42)45-37(49)33-44-36(48)32-43/h17-18,35,39-42,47,51-52H,3-16,19-34,43H2,1-2H3,(H,44,48)(H,45,49)/b18-17-/t35-,39-,40-,41-,42-/m1/s1. The molecule has 0 aromatic heterocycles. The predicted molar refractivity (Wildman–Crippen MR) is 214 cm³/mol. The van der Waals surface area contributed by atoms with Crippen LogP contribution in [0.2, 0.25) is 0 Å². The van der Waals surface area contributed by atoms with Crippen LogP contribution in [-0.2, 0) is 19.1 Å². The topological polar surface area (TPSA) is 174 Å². The van der Waals surface area contributed by atoms with Crippen molar-refractivity contribution in [3.8, 4) is 0 Å². The van der Waals surface area contributed by atoms with Crippen LogP contribution in [0.3, 0.4) is 0 Å². The van der Waals surface area contributed by atoms with Crippen LogP contribution in [0, 0.1) is 0 Å². The largest absolute Gasteiger partial charge is 0.394 e. The zero-order chi connectivity index (χ0) is 38.9. The minimum atomic E-state index is -1.50. The molecule has 0 aromatic rings. The van der Waals surface area contributed by atoms with Crippen LogP contribution in [0.1, 0.15) is 181 Å². The Hall–Kier alpha value is -2.05. The molecule has 0 aromatic carbocycles. The van der Waals surface area contributed by atoms with E-state index in [1.165, 1.54) is 96.3 Å². The maximum atomic E-state index is 13.8. The predicted octanol–water partition coefficient (Wildman–Crippen LogP) is 6.55. The normalized spacial score (nSPS) is 20.2. The molecule has 5 atom stereocenters. The summed E-state index contributed by atoms with van der Waals surface area (Å²) >= 11 is 0. The van der Waals surface area contributed by atoms with E-state index in [1.807, 2.05) is 0 Å². The summed E-state index contributed by atoms with van der Waals surface area (Å²) in [6.45, 7) is 3.63. The van der Waals surface area contributed by atoms with Crippen LogP contribution in [0.15, 0.2) is 12.2 Å². The molecule has 11 nitrogen and oxygen atoms in total. The van der Waals surface area contributed by atoms with E-state index in [-0.39, 0.29) is 19.0 Å². The number of ether oxygens (including phenoxy) is 1. The molecule has 1 aliphatic rings. The molecule has 0 unspecified atom stereocenters. The summed E-state index contributed by atoms with van der Waals surface area (Å²) in [6.07, 6.45) is 29.0. The first-order valence-corrected chi connectivity index (χ1v) is 21.6. The van der Waals surface area contributed by atoms with E-state index in [1.54, 1.807) is 4.90 Å². The molecule has 11 heteroatoms. The lowest BCUT2D eigenvalue weighted by molar-refractivity contribution is -0.231. The second-order valence-corrected chi connectivity index (χ2v) is 15.1. The first-order valence-electron chi connectivity index (χ1n) is 21.6. The number of rotatable bonds is 34. The lowest BCUT2D eigenvalue weighted by Crippen LogP contribution is -2.69. The highest BCUT2D eigenvalue weighted by atomic mass is 16.5. The van der Waals surface area contributed by atoms with E-state index in [0.717, 1.165) is 57.8 Å². The van der Waals surface area contributed by atoms with Gasteiger partial charge in [-0.2, -0.15) is 0 Å². The van der Waals surface area contributed by atoms with Crippen LogP contribution in [-0.4, -0.2) is 94.8 Å². The molecule has 1 aliphatic heterocycles. The Kier molecular flexibility index (Phi) is 30.8. The molecular formula is C42H80N4O7. The van der Waals surface area contributed by atoms with Crippen molar-refractivity contribution in [2.45, 2.75) is 211 Å². The summed E-state index contributed by atoms with van der Waals surface area (Å²) in [5.41, 5.74) is 5.33. The van der Waals surface area contributed by atoms with Crippen LogP contribution >= 0.6 is 0 Å². The molecule has 1 heterocycles. The van der Waals surface area contributed by atoms with Gasteiger partial charge >= 0.3 is 0 Å². The zero-order valence-corrected chi connectivity index (χ0v) is 33.8. The second kappa shape index (κ2) is 33.3. The molecule has 7 N–H and O–H groups in total. The van der Waals surface area contributed by atoms with Crippen LogP contribution in [0.25, 0.3) is 0 Å². The summed E-state index contributed by atoms with van der Waals surface area (Å²) < 4.78 is 6.06. The quantitative estimate of drug-likeness (QED) is 0.0317. The van der Waals surface area contributed by atoms with Crippen molar-refractivity contribution < 1.29 is 34.4 Å². The molecule has 0 aliphatic carbocycles. The Morgan fingerprint density at radius 1 is 0.660 bits per heavy atom. The van der Waals surface area contributed by atoms with Gasteiger partial charge in [-0.15, -0.1) is 0 Å². The molecule has 3 amide bonds. The molecule has 0 radical (unpaired) electrons. The van der Waals surface area contributed by atoms with E-state index in [9.17, 15) is 29.7 Å². The number of amides is 3. The van der Waals surface area contributed by atoms with Gasteiger partial charge < -0.3 is 41.3 Å². The van der Waals surface area contributed by atoms with Gasteiger partial charge in [0.1, 0.15) is 24.4 Å². The maximum Gasteiger partial charge on any atom is 0.239 e. The molecule has 53 heavy (non-hydrogen) atoms. The van der Waals surface area contributed by atoms with E-state index in [0.29, 0.717) is 19.4 Å². The maximum absolute atomic E-state index is 13.8. The number of carbonyl (C=O) groups excluding carboxylic acids is 3. The molecule has 1 saturated heterocycles. The monoisotopic (exact) mass is 753 g/mol. The highest BCUT2D eigenvalue weighted by molar-refractivity contribution is 5.85. The Morgan fingerprint density at radius 3 is 1.62 bits per heavy atom. The number of unbranched alkanes of at least 4 members (excludes halogenated alkanes) is 22. The third kappa shape index (κ3) is 23.5. The summed E-state index contributed by atoms with van der Waals surface area (Å²) in [7, 11) is 0. The van der Waals surface area contributed by atoms with E-state index in [4.69, 9.17) is 10.5 Å². The van der Waals surface area contributed by atoms with Gasteiger partial charge in [-0.3, -0.25) is 14.4 Å². The SMILES string of the molecule is CCCCCCCC/C=C\CCCCCCCC(=O)N(CCCCCCCCCCCCCC)[C@@H]1O[C@H](CO)[C@@H](O)[C@H](O)[C@H]1NC(=O)CNC(=O)CN. The summed E-state index contributed by atoms with van der Waals surface area (Å²) in [4.78, 5) is 39.8. The lowest BCUT2D eigenvalue weighted by Gasteiger charge is -2.47. The van der Waals surface area contributed by atoms with Gasteiger partial charge in [-0.1, -0.05) is 148 Å². The van der Waals surface area contributed by atoms with Gasteiger partial charge in [-0.25, -0.2) is 0 Å². The number of hydrogen-bond acceptors (Lipinski definition) is 8. The fraction of sp³-hybridized carbons (Fsp3) is 0.881. The lowest BCUT2D eigenvalue weighted by atomic mass is 9.94. The molecule has 0 spiro atoms. The zero-order valence-electron chi connectivity index (χ0n) is 33.8. The highest BCUT2D eigenvalue weighted by Gasteiger charge is 2.48. The van der Waals surface area contributed by atoms with Crippen molar-refractivity contribution >= 4 is 17.7 Å². The molecule has 0 saturated carbocycles. The number of nitrogens with two attached hydrogens (primary N) is 1. The Balaban J connectivity index is 2.71. The first-order chi connectivity index (χ1) is 25.8. The van der Waals surface area contributed by atoms with Crippen LogP contribution in [0.5, 0.6) is 0 Å². The smallest absolute Gasteiger partial charge is 0.239 e. The van der Waals surface area contributed by atoms with Crippen LogP contribution in [0.4, 0.5) is 0 Å². The van der Waals surface area contributed by atoms with Crippen molar-refractivity contribution in [1.29, 1.82) is 0 Å². The average Bonchev–Trinajstić information content (AvgIpc) is 3.16. The van der Waals surface area contributed by atoms with Crippen molar-refractivity contribution in [3.05, 3.63) is 12.2 Å². The number of aliphatic hydroxyl groups is 3. The van der Waals surface area contributed by atoms with Crippen molar-refractivity contribution in [2.24, 2.45) is 5.73 Å². The number of aliphatic hydroxyl groups excluding tert-OH is 3.